The first-order valence-electron chi connectivity index (χ1n) is 9.85. The highest BCUT2D eigenvalue weighted by atomic mass is 16.5. The Morgan fingerprint density at radius 1 is 1.13 bits per heavy atom. The molecule has 0 unspecified atom stereocenters. The summed E-state index contributed by atoms with van der Waals surface area (Å²) in [6.45, 7) is 3.48. The van der Waals surface area contributed by atoms with E-state index in [-0.39, 0.29) is 0 Å². The lowest BCUT2D eigenvalue weighted by Crippen LogP contribution is -2.34. The second-order valence-electron chi connectivity index (χ2n) is 7.01. The molecule has 0 fully saturated rings. The minimum Gasteiger partial charge on any atom is -0.493 e. The summed E-state index contributed by atoms with van der Waals surface area (Å²) >= 11 is 0. The van der Waals surface area contributed by atoms with Gasteiger partial charge in [0.05, 0.1) is 31.0 Å². The Labute approximate surface area is 180 Å². The molecule has 31 heavy (non-hydrogen) atoms. The molecule has 3 heterocycles. The molecular weight excluding hydrogens is 392 g/mol. The van der Waals surface area contributed by atoms with Crippen molar-refractivity contribution in [2.45, 2.75) is 19.9 Å². The van der Waals surface area contributed by atoms with Gasteiger partial charge in [-0.2, -0.15) is 5.26 Å². The Morgan fingerprint density at radius 2 is 1.90 bits per heavy atom. The van der Waals surface area contributed by atoms with Gasteiger partial charge in [-0.05, 0) is 24.6 Å². The van der Waals surface area contributed by atoms with Gasteiger partial charge in [0, 0.05) is 49.9 Å². The third-order valence-electron chi connectivity index (χ3n) is 5.25. The Balaban J connectivity index is 1.81. The van der Waals surface area contributed by atoms with Gasteiger partial charge in [-0.25, -0.2) is 15.0 Å². The number of hydrogen-bond donors (Lipinski definition) is 0. The van der Waals surface area contributed by atoms with Gasteiger partial charge in [-0.15, -0.1) is 0 Å². The number of fused-ring (bicyclic) bond motifs is 1. The van der Waals surface area contributed by atoms with E-state index in [0.717, 1.165) is 31.0 Å². The molecule has 4 rings (SSSR count). The van der Waals surface area contributed by atoms with Crippen LogP contribution in [0.5, 0.6) is 11.5 Å². The van der Waals surface area contributed by atoms with E-state index in [9.17, 15) is 5.26 Å². The zero-order chi connectivity index (χ0) is 21.8. The van der Waals surface area contributed by atoms with Crippen molar-refractivity contribution in [2.24, 2.45) is 4.99 Å². The maximum absolute atomic E-state index is 10.0. The van der Waals surface area contributed by atoms with E-state index in [0.29, 0.717) is 34.1 Å². The van der Waals surface area contributed by atoms with Gasteiger partial charge >= 0.3 is 0 Å². The molecule has 0 spiro atoms. The quantitative estimate of drug-likeness (QED) is 0.476. The van der Waals surface area contributed by atoms with E-state index >= 15 is 0 Å². The monoisotopic (exact) mass is 414 g/mol. The summed E-state index contributed by atoms with van der Waals surface area (Å²) in [5.41, 5.74) is 3.59. The fourth-order valence-corrected chi connectivity index (χ4v) is 3.71. The molecule has 0 saturated heterocycles. The van der Waals surface area contributed by atoms with Crippen LogP contribution in [0, 0.1) is 11.3 Å². The van der Waals surface area contributed by atoms with Crippen LogP contribution >= 0.6 is 0 Å². The lowest BCUT2D eigenvalue weighted by Gasteiger charge is -2.29. The van der Waals surface area contributed by atoms with Crippen molar-refractivity contribution in [3.05, 3.63) is 59.7 Å². The van der Waals surface area contributed by atoms with Crippen LogP contribution in [-0.4, -0.2) is 46.5 Å². The third-order valence-corrected chi connectivity index (χ3v) is 5.25. The topological polar surface area (TPSA) is 96.5 Å². The molecule has 156 valence electrons. The SMILES string of the molecule is COc1cc(N=C(C)N2CCc3ncccc3C2)c(C#N)c(-c2ncccn2)c1OC. The summed E-state index contributed by atoms with van der Waals surface area (Å²) in [6.07, 6.45) is 5.92. The number of aliphatic imine (C=N–C) groups is 1. The summed E-state index contributed by atoms with van der Waals surface area (Å²) < 4.78 is 11.1. The summed E-state index contributed by atoms with van der Waals surface area (Å²) in [5, 5.41) is 10.0. The molecule has 1 aliphatic rings. The maximum Gasteiger partial charge on any atom is 0.173 e. The highest BCUT2D eigenvalue weighted by Crippen LogP contribution is 2.44. The van der Waals surface area contributed by atoms with Crippen LogP contribution in [0.2, 0.25) is 0 Å². The lowest BCUT2D eigenvalue weighted by atomic mass is 10.0. The molecule has 0 amide bonds. The highest BCUT2D eigenvalue weighted by Gasteiger charge is 2.24. The van der Waals surface area contributed by atoms with Crippen molar-refractivity contribution in [2.75, 3.05) is 20.8 Å². The largest absolute Gasteiger partial charge is 0.493 e. The predicted molar refractivity (Wildman–Crippen MR) is 116 cm³/mol. The van der Waals surface area contributed by atoms with E-state index in [2.05, 4.69) is 32.0 Å². The van der Waals surface area contributed by atoms with Crippen molar-refractivity contribution >= 4 is 11.5 Å². The van der Waals surface area contributed by atoms with Crippen LogP contribution in [-0.2, 0) is 13.0 Å². The molecule has 8 heteroatoms. The molecule has 0 atom stereocenters. The Bertz CT molecular complexity index is 1170. The molecule has 0 bridgehead atoms. The number of amidine groups is 1. The van der Waals surface area contributed by atoms with Gasteiger partial charge in [0.25, 0.3) is 0 Å². The van der Waals surface area contributed by atoms with Gasteiger partial charge in [0.1, 0.15) is 11.9 Å². The molecular formula is C23H22N6O2. The summed E-state index contributed by atoms with van der Waals surface area (Å²) in [5.74, 6) is 2.04. The number of nitriles is 1. The first-order valence-corrected chi connectivity index (χ1v) is 9.85. The summed E-state index contributed by atoms with van der Waals surface area (Å²) in [4.78, 5) is 20.1. The summed E-state index contributed by atoms with van der Waals surface area (Å²) in [7, 11) is 3.08. The number of aromatic nitrogens is 3. The lowest BCUT2D eigenvalue weighted by molar-refractivity contribution is 0.356. The molecule has 3 aromatic rings. The normalized spacial score (nSPS) is 13.4. The second-order valence-corrected chi connectivity index (χ2v) is 7.01. The number of pyridine rings is 1. The van der Waals surface area contributed by atoms with Gasteiger partial charge in [0.2, 0.25) is 0 Å². The van der Waals surface area contributed by atoms with Crippen molar-refractivity contribution in [3.63, 3.8) is 0 Å². The van der Waals surface area contributed by atoms with Crippen LogP contribution < -0.4 is 9.47 Å². The molecule has 0 N–H and O–H groups in total. The second kappa shape index (κ2) is 8.79. The van der Waals surface area contributed by atoms with Crippen LogP contribution in [0.25, 0.3) is 11.4 Å². The molecule has 0 radical (unpaired) electrons. The molecule has 8 nitrogen and oxygen atoms in total. The standard InChI is InChI=1S/C23H22N6O2/c1-15(29-11-7-18-16(14-29)6-4-8-25-18)28-19-12-20(30-2)22(31-3)21(17(19)13-24)23-26-9-5-10-27-23/h4-6,8-10,12H,7,11,14H2,1-3H3. The first-order chi connectivity index (χ1) is 15.2. The Morgan fingerprint density at radius 3 is 2.61 bits per heavy atom. The third kappa shape index (κ3) is 3.90. The van der Waals surface area contributed by atoms with E-state index in [1.807, 2.05) is 19.2 Å². The van der Waals surface area contributed by atoms with E-state index < -0.39 is 0 Å². The number of benzene rings is 1. The van der Waals surface area contributed by atoms with Gasteiger partial charge in [-0.1, -0.05) is 6.07 Å². The van der Waals surface area contributed by atoms with Crippen LogP contribution in [0.1, 0.15) is 23.7 Å². The van der Waals surface area contributed by atoms with Gasteiger partial charge in [0.15, 0.2) is 17.3 Å². The van der Waals surface area contributed by atoms with Crippen molar-refractivity contribution in [1.29, 1.82) is 5.26 Å². The average Bonchev–Trinajstić information content (AvgIpc) is 2.83. The molecule has 1 aromatic carbocycles. The van der Waals surface area contributed by atoms with Crippen LogP contribution in [0.4, 0.5) is 5.69 Å². The zero-order valence-corrected chi connectivity index (χ0v) is 17.7. The fourth-order valence-electron chi connectivity index (χ4n) is 3.71. The van der Waals surface area contributed by atoms with Crippen molar-refractivity contribution < 1.29 is 9.47 Å². The van der Waals surface area contributed by atoms with Gasteiger partial charge in [-0.3, -0.25) is 4.98 Å². The van der Waals surface area contributed by atoms with Crippen molar-refractivity contribution in [3.8, 4) is 29.0 Å². The minimum atomic E-state index is 0.335. The Kier molecular flexibility index (Phi) is 5.76. The van der Waals surface area contributed by atoms with E-state index in [1.165, 1.54) is 12.7 Å². The average molecular weight is 414 g/mol. The molecule has 1 aliphatic heterocycles. The van der Waals surface area contributed by atoms with E-state index in [4.69, 9.17) is 14.5 Å². The van der Waals surface area contributed by atoms with Crippen LogP contribution in [0.15, 0.2) is 47.8 Å². The number of ether oxygens (including phenoxy) is 2. The predicted octanol–water partition coefficient (Wildman–Crippen LogP) is 3.54. The number of methoxy groups -OCH3 is 2. The number of hydrogen-bond acceptors (Lipinski definition) is 7. The zero-order valence-electron chi connectivity index (χ0n) is 17.7. The maximum atomic E-state index is 10.0. The smallest absolute Gasteiger partial charge is 0.173 e. The number of rotatable bonds is 4. The number of nitrogens with zero attached hydrogens (tertiary/aromatic N) is 6. The molecule has 0 aliphatic carbocycles. The van der Waals surface area contributed by atoms with Gasteiger partial charge < -0.3 is 14.4 Å². The highest BCUT2D eigenvalue weighted by molar-refractivity contribution is 5.88. The van der Waals surface area contributed by atoms with Crippen molar-refractivity contribution in [1.82, 2.24) is 19.9 Å². The minimum absolute atomic E-state index is 0.335. The van der Waals surface area contributed by atoms with E-state index in [1.54, 1.807) is 31.6 Å². The van der Waals surface area contributed by atoms with Crippen LogP contribution in [0.3, 0.4) is 0 Å². The fraction of sp³-hybridized carbons (Fsp3) is 0.261. The molecule has 2 aromatic heterocycles. The molecule has 0 saturated carbocycles. The summed E-state index contributed by atoms with van der Waals surface area (Å²) in [6, 6.07) is 9.73. The Hall–Kier alpha value is -3.99. The first kappa shape index (κ1) is 20.3.